The first-order valence-corrected chi connectivity index (χ1v) is 5.90. The van der Waals surface area contributed by atoms with Gasteiger partial charge in [-0.05, 0) is 19.4 Å². The first kappa shape index (κ1) is 15.5. The van der Waals surface area contributed by atoms with Crippen LogP contribution in [0.25, 0.3) is 0 Å². The second-order valence-electron chi connectivity index (χ2n) is 4.56. The van der Waals surface area contributed by atoms with E-state index >= 15 is 0 Å². The molecule has 2 N–H and O–H groups in total. The lowest BCUT2D eigenvalue weighted by Crippen LogP contribution is -2.47. The zero-order valence-corrected chi connectivity index (χ0v) is 10.8. The first-order valence-electron chi connectivity index (χ1n) is 5.90. The lowest BCUT2D eigenvalue weighted by Gasteiger charge is -2.30. The molecule has 0 aliphatic rings. The third kappa shape index (κ3) is 4.55. The number of nitrogens with two attached hydrogens (primary N) is 1. The lowest BCUT2D eigenvalue weighted by molar-refractivity contribution is -0.165. The molecule has 0 fully saturated rings. The van der Waals surface area contributed by atoms with Crippen molar-refractivity contribution >= 4 is 5.91 Å². The second-order valence-corrected chi connectivity index (χ2v) is 4.56. The number of carbonyl (C=O) groups is 1. The van der Waals surface area contributed by atoms with Crippen molar-refractivity contribution in [3.63, 3.8) is 0 Å². The number of alkyl halides is 3. The van der Waals surface area contributed by atoms with Crippen molar-refractivity contribution in [1.29, 1.82) is 0 Å². The molecule has 0 radical (unpaired) electrons. The van der Waals surface area contributed by atoms with Crippen molar-refractivity contribution in [1.82, 2.24) is 4.90 Å². The maximum Gasteiger partial charge on any atom is 0.406 e. The summed E-state index contributed by atoms with van der Waals surface area (Å²) in [6.07, 6.45) is -4.43. The van der Waals surface area contributed by atoms with Gasteiger partial charge in [0, 0.05) is 6.04 Å². The zero-order chi connectivity index (χ0) is 14.6. The Morgan fingerprint density at radius 1 is 1.26 bits per heavy atom. The van der Waals surface area contributed by atoms with Crippen LogP contribution in [0, 0.1) is 0 Å². The van der Waals surface area contributed by atoms with Gasteiger partial charge in [-0.3, -0.25) is 4.79 Å². The predicted octanol–water partition coefficient (Wildman–Crippen LogP) is 2.49. The summed E-state index contributed by atoms with van der Waals surface area (Å²) in [6.45, 7) is 1.77. The van der Waals surface area contributed by atoms with Gasteiger partial charge in [0.1, 0.15) is 12.6 Å². The maximum atomic E-state index is 12.5. The summed E-state index contributed by atoms with van der Waals surface area (Å²) in [5.74, 6) is -0.724. The van der Waals surface area contributed by atoms with Gasteiger partial charge in [0.15, 0.2) is 0 Å². The van der Waals surface area contributed by atoms with Crippen molar-refractivity contribution in [2.24, 2.45) is 5.73 Å². The van der Waals surface area contributed by atoms with Crippen LogP contribution < -0.4 is 5.73 Å². The number of nitrogens with zero attached hydrogens (tertiary/aromatic N) is 1. The molecule has 1 unspecified atom stereocenters. The maximum absolute atomic E-state index is 12.5. The highest BCUT2D eigenvalue weighted by Crippen LogP contribution is 2.21. The third-order valence-corrected chi connectivity index (χ3v) is 2.68. The van der Waals surface area contributed by atoms with Crippen LogP contribution in [0.5, 0.6) is 0 Å². The molecule has 0 heterocycles. The van der Waals surface area contributed by atoms with E-state index in [1.54, 1.807) is 30.3 Å². The van der Waals surface area contributed by atoms with Gasteiger partial charge in [-0.15, -0.1) is 0 Å². The number of carbonyl (C=O) groups excluding carboxylic acids is 1. The number of hydrogen-bond donors (Lipinski definition) is 1. The van der Waals surface area contributed by atoms with Crippen LogP contribution in [0.2, 0.25) is 0 Å². The average Bonchev–Trinajstić information content (AvgIpc) is 2.34. The van der Waals surface area contributed by atoms with Crippen LogP contribution in [0.3, 0.4) is 0 Å². The van der Waals surface area contributed by atoms with Crippen LogP contribution in [0.4, 0.5) is 13.2 Å². The van der Waals surface area contributed by atoms with Crippen LogP contribution in [-0.4, -0.2) is 29.6 Å². The van der Waals surface area contributed by atoms with Gasteiger partial charge in [-0.2, -0.15) is 13.2 Å². The Bertz CT molecular complexity index is 418. The number of rotatable bonds is 4. The molecule has 1 amide bonds. The molecule has 1 aromatic carbocycles. The summed E-state index contributed by atoms with van der Waals surface area (Å²) in [5.41, 5.74) is 6.24. The van der Waals surface area contributed by atoms with E-state index in [0.717, 1.165) is 4.90 Å². The van der Waals surface area contributed by atoms with Crippen molar-refractivity contribution in [2.75, 3.05) is 6.54 Å². The number of hydrogen-bond acceptors (Lipinski definition) is 2. The predicted molar refractivity (Wildman–Crippen MR) is 66.3 cm³/mol. The fourth-order valence-electron chi connectivity index (χ4n) is 1.69. The molecule has 0 saturated carbocycles. The minimum atomic E-state index is -4.43. The SMILES string of the molecule is CC(C)N(CC(F)(F)F)C(=O)C(N)c1ccccc1. The molecule has 0 saturated heterocycles. The van der Waals surface area contributed by atoms with Gasteiger partial charge in [-0.1, -0.05) is 30.3 Å². The number of halogens is 3. The van der Waals surface area contributed by atoms with Gasteiger partial charge < -0.3 is 10.6 Å². The summed E-state index contributed by atoms with van der Waals surface area (Å²) < 4.78 is 37.4. The Hall–Kier alpha value is -1.56. The molecule has 1 aromatic rings. The van der Waals surface area contributed by atoms with Gasteiger partial charge in [0.05, 0.1) is 0 Å². The van der Waals surface area contributed by atoms with Crippen molar-refractivity contribution in [3.05, 3.63) is 35.9 Å². The minimum Gasteiger partial charge on any atom is -0.330 e. The molecule has 1 rings (SSSR count). The quantitative estimate of drug-likeness (QED) is 0.917. The van der Waals surface area contributed by atoms with Crippen LogP contribution in [0.15, 0.2) is 30.3 Å². The van der Waals surface area contributed by atoms with E-state index in [1.165, 1.54) is 13.8 Å². The van der Waals surface area contributed by atoms with E-state index in [-0.39, 0.29) is 0 Å². The van der Waals surface area contributed by atoms with Crippen LogP contribution in [0.1, 0.15) is 25.5 Å². The monoisotopic (exact) mass is 274 g/mol. The number of amides is 1. The molecule has 19 heavy (non-hydrogen) atoms. The zero-order valence-electron chi connectivity index (χ0n) is 10.8. The topological polar surface area (TPSA) is 46.3 Å². The normalized spacial score (nSPS) is 13.4. The van der Waals surface area contributed by atoms with Crippen molar-refractivity contribution in [3.8, 4) is 0 Å². The van der Waals surface area contributed by atoms with Gasteiger partial charge in [0.2, 0.25) is 5.91 Å². The highest BCUT2D eigenvalue weighted by atomic mass is 19.4. The van der Waals surface area contributed by atoms with Gasteiger partial charge in [-0.25, -0.2) is 0 Å². The molecule has 0 aromatic heterocycles. The Balaban J connectivity index is 2.88. The van der Waals surface area contributed by atoms with E-state index in [1.807, 2.05) is 0 Å². The second kappa shape index (κ2) is 6.06. The third-order valence-electron chi connectivity index (χ3n) is 2.68. The fourth-order valence-corrected chi connectivity index (χ4v) is 1.69. The summed E-state index contributed by atoms with van der Waals surface area (Å²) in [7, 11) is 0. The smallest absolute Gasteiger partial charge is 0.330 e. The van der Waals surface area contributed by atoms with E-state index in [9.17, 15) is 18.0 Å². The number of benzene rings is 1. The van der Waals surface area contributed by atoms with Crippen LogP contribution in [-0.2, 0) is 4.79 Å². The Kier molecular flexibility index (Phi) is 4.94. The van der Waals surface area contributed by atoms with Crippen molar-refractivity contribution < 1.29 is 18.0 Å². The van der Waals surface area contributed by atoms with Gasteiger partial charge >= 0.3 is 6.18 Å². The molecule has 106 valence electrons. The molecule has 6 heteroatoms. The molecule has 0 spiro atoms. The highest BCUT2D eigenvalue weighted by molar-refractivity contribution is 5.83. The van der Waals surface area contributed by atoms with Gasteiger partial charge in [0.25, 0.3) is 0 Å². The molecule has 0 bridgehead atoms. The summed E-state index contributed by atoms with van der Waals surface area (Å²) in [6, 6.07) is 6.72. The summed E-state index contributed by atoms with van der Waals surface area (Å²) in [5, 5.41) is 0. The fraction of sp³-hybridized carbons (Fsp3) is 0.462. The van der Waals surface area contributed by atoms with Crippen LogP contribution >= 0.6 is 0 Å². The molecular weight excluding hydrogens is 257 g/mol. The van der Waals surface area contributed by atoms with Crippen molar-refractivity contribution in [2.45, 2.75) is 32.1 Å². The lowest BCUT2D eigenvalue weighted by atomic mass is 10.1. The summed E-state index contributed by atoms with van der Waals surface area (Å²) in [4.78, 5) is 12.8. The average molecular weight is 274 g/mol. The van der Waals surface area contributed by atoms with E-state index in [0.29, 0.717) is 5.56 Å². The molecule has 3 nitrogen and oxygen atoms in total. The first-order chi connectivity index (χ1) is 8.72. The van der Waals surface area contributed by atoms with E-state index < -0.39 is 30.7 Å². The summed E-state index contributed by atoms with van der Waals surface area (Å²) >= 11 is 0. The Morgan fingerprint density at radius 3 is 2.21 bits per heavy atom. The molecular formula is C13H17F3N2O. The minimum absolute atomic E-state index is 0.500. The Labute approximate surface area is 110 Å². The largest absolute Gasteiger partial charge is 0.406 e. The molecule has 0 aliphatic carbocycles. The molecule has 1 atom stereocenters. The van der Waals surface area contributed by atoms with E-state index in [2.05, 4.69) is 0 Å². The van der Waals surface area contributed by atoms with E-state index in [4.69, 9.17) is 5.73 Å². The molecule has 0 aliphatic heterocycles. The highest BCUT2D eigenvalue weighted by Gasteiger charge is 2.36. The Morgan fingerprint density at radius 2 is 1.79 bits per heavy atom. The standard InChI is InChI=1S/C13H17F3N2O/c1-9(2)18(8-13(14,15)16)12(19)11(17)10-6-4-3-5-7-10/h3-7,9,11H,8,17H2,1-2H3.